The Morgan fingerprint density at radius 3 is 3.00 bits per heavy atom. The molecule has 1 aliphatic rings. The zero-order chi connectivity index (χ0) is 10.2. The van der Waals surface area contributed by atoms with Crippen LogP contribution >= 0.6 is 0 Å². The van der Waals surface area contributed by atoms with E-state index in [2.05, 4.69) is 6.58 Å². The Hall–Kier alpha value is -0.340. The number of allylic oxidation sites excluding steroid dienone is 1. The van der Waals surface area contributed by atoms with Crippen molar-refractivity contribution in [2.45, 2.75) is 57.2 Å². The summed E-state index contributed by atoms with van der Waals surface area (Å²) in [4.78, 5) is 0. The van der Waals surface area contributed by atoms with E-state index < -0.39 is 0 Å². The first-order valence-corrected chi connectivity index (χ1v) is 5.73. The van der Waals surface area contributed by atoms with Gasteiger partial charge in [0.25, 0.3) is 0 Å². The summed E-state index contributed by atoms with van der Waals surface area (Å²) in [5, 5.41) is 9.71. The second-order valence-corrected chi connectivity index (χ2v) is 4.10. The summed E-state index contributed by atoms with van der Waals surface area (Å²) in [5.41, 5.74) is 0. The van der Waals surface area contributed by atoms with Crippen molar-refractivity contribution >= 4 is 0 Å². The van der Waals surface area contributed by atoms with Crippen LogP contribution in [0.4, 0.5) is 0 Å². The summed E-state index contributed by atoms with van der Waals surface area (Å²) in [7, 11) is 0. The lowest BCUT2D eigenvalue weighted by Gasteiger charge is -2.24. The molecule has 82 valence electrons. The largest absolute Gasteiger partial charge is 0.393 e. The zero-order valence-corrected chi connectivity index (χ0v) is 8.95. The van der Waals surface area contributed by atoms with E-state index in [0.29, 0.717) is 6.10 Å². The highest BCUT2D eigenvalue weighted by Gasteiger charge is 2.17. The number of unbranched alkanes of at least 4 members (excludes halogenated alkanes) is 1. The molecule has 2 nitrogen and oxygen atoms in total. The molecule has 14 heavy (non-hydrogen) atoms. The third kappa shape index (κ3) is 4.77. The van der Waals surface area contributed by atoms with Crippen LogP contribution in [0, 0.1) is 0 Å². The van der Waals surface area contributed by atoms with Gasteiger partial charge in [-0.05, 0) is 44.9 Å². The van der Waals surface area contributed by atoms with Crippen LogP contribution < -0.4 is 0 Å². The molecule has 1 fully saturated rings. The Morgan fingerprint density at radius 1 is 1.50 bits per heavy atom. The Balaban J connectivity index is 2.05. The molecule has 2 heteroatoms. The minimum atomic E-state index is -0.182. The van der Waals surface area contributed by atoms with E-state index in [-0.39, 0.29) is 6.10 Å². The summed E-state index contributed by atoms with van der Waals surface area (Å²) in [6.45, 7) is 4.55. The van der Waals surface area contributed by atoms with Crippen molar-refractivity contribution in [3.8, 4) is 0 Å². The summed E-state index contributed by atoms with van der Waals surface area (Å²) < 4.78 is 5.57. The zero-order valence-electron chi connectivity index (χ0n) is 8.95. The third-order valence-corrected chi connectivity index (χ3v) is 2.75. The molecule has 0 aliphatic carbocycles. The standard InChI is InChI=1S/C12H22O2/c1-2-3-4-7-11(13)10-12-8-5-6-9-14-12/h2,11-13H,1,3-10H2. The van der Waals surface area contributed by atoms with Gasteiger partial charge in [0.2, 0.25) is 0 Å². The van der Waals surface area contributed by atoms with Gasteiger partial charge in [-0.2, -0.15) is 0 Å². The van der Waals surface area contributed by atoms with Crippen LogP contribution in [0.15, 0.2) is 12.7 Å². The SMILES string of the molecule is C=CCCCC(O)CC1CCCCO1. The average Bonchev–Trinajstić information content (AvgIpc) is 2.20. The summed E-state index contributed by atoms with van der Waals surface area (Å²) >= 11 is 0. The number of hydrogen-bond donors (Lipinski definition) is 1. The van der Waals surface area contributed by atoms with Crippen molar-refractivity contribution in [2.24, 2.45) is 0 Å². The van der Waals surface area contributed by atoms with Crippen LogP contribution in [0.2, 0.25) is 0 Å². The van der Waals surface area contributed by atoms with Gasteiger partial charge >= 0.3 is 0 Å². The Labute approximate surface area is 87.0 Å². The molecule has 0 saturated carbocycles. The minimum Gasteiger partial charge on any atom is -0.393 e. The molecule has 2 atom stereocenters. The molecule has 1 rings (SSSR count). The monoisotopic (exact) mass is 198 g/mol. The highest BCUT2D eigenvalue weighted by atomic mass is 16.5. The third-order valence-electron chi connectivity index (χ3n) is 2.75. The molecule has 0 radical (unpaired) electrons. The highest BCUT2D eigenvalue weighted by Crippen LogP contribution is 2.18. The van der Waals surface area contributed by atoms with E-state index >= 15 is 0 Å². The van der Waals surface area contributed by atoms with Crippen molar-refractivity contribution in [3.63, 3.8) is 0 Å². The first kappa shape index (κ1) is 11.7. The van der Waals surface area contributed by atoms with Crippen LogP contribution in [0.5, 0.6) is 0 Å². The molecule has 0 aromatic carbocycles. The Bertz CT molecular complexity index is 150. The maximum Gasteiger partial charge on any atom is 0.0599 e. The number of aliphatic hydroxyl groups excluding tert-OH is 1. The van der Waals surface area contributed by atoms with Crippen LogP contribution in [-0.4, -0.2) is 23.9 Å². The van der Waals surface area contributed by atoms with Crippen molar-refractivity contribution < 1.29 is 9.84 Å². The molecule has 1 heterocycles. The van der Waals surface area contributed by atoms with Crippen molar-refractivity contribution in [1.82, 2.24) is 0 Å². The summed E-state index contributed by atoms with van der Waals surface area (Å²) in [6, 6.07) is 0. The van der Waals surface area contributed by atoms with Gasteiger partial charge in [0.1, 0.15) is 0 Å². The fraction of sp³-hybridized carbons (Fsp3) is 0.833. The first-order valence-electron chi connectivity index (χ1n) is 5.73. The number of aliphatic hydroxyl groups is 1. The predicted molar refractivity (Wildman–Crippen MR) is 58.3 cm³/mol. The Kier molecular flexibility index (Phi) is 5.88. The minimum absolute atomic E-state index is 0.182. The molecule has 0 spiro atoms. The van der Waals surface area contributed by atoms with Crippen molar-refractivity contribution in [3.05, 3.63) is 12.7 Å². The lowest BCUT2D eigenvalue weighted by molar-refractivity contribution is -0.0166. The number of hydrogen-bond acceptors (Lipinski definition) is 2. The van der Waals surface area contributed by atoms with Gasteiger partial charge in [-0.25, -0.2) is 0 Å². The van der Waals surface area contributed by atoms with E-state index in [1.165, 1.54) is 12.8 Å². The van der Waals surface area contributed by atoms with Crippen LogP contribution in [0.3, 0.4) is 0 Å². The van der Waals surface area contributed by atoms with E-state index in [4.69, 9.17) is 4.74 Å². The maximum absolute atomic E-state index is 9.71. The molecule has 0 aromatic rings. The first-order chi connectivity index (χ1) is 6.83. The van der Waals surface area contributed by atoms with Crippen molar-refractivity contribution in [1.29, 1.82) is 0 Å². The van der Waals surface area contributed by atoms with Gasteiger partial charge in [0.05, 0.1) is 12.2 Å². The highest BCUT2D eigenvalue weighted by molar-refractivity contribution is 4.71. The van der Waals surface area contributed by atoms with E-state index in [1.807, 2.05) is 6.08 Å². The van der Waals surface area contributed by atoms with Gasteiger partial charge in [-0.3, -0.25) is 0 Å². The van der Waals surface area contributed by atoms with Crippen molar-refractivity contribution in [2.75, 3.05) is 6.61 Å². The fourth-order valence-corrected chi connectivity index (χ4v) is 1.91. The predicted octanol–water partition coefficient (Wildman–Crippen LogP) is 2.66. The summed E-state index contributed by atoms with van der Waals surface area (Å²) in [5.74, 6) is 0. The normalized spacial score (nSPS) is 24.5. The second kappa shape index (κ2) is 7.02. The van der Waals surface area contributed by atoms with Crippen LogP contribution in [0.25, 0.3) is 0 Å². The topological polar surface area (TPSA) is 29.5 Å². The van der Waals surface area contributed by atoms with Gasteiger partial charge in [-0.15, -0.1) is 6.58 Å². The molecule has 0 aromatic heterocycles. The lowest BCUT2D eigenvalue weighted by atomic mass is 10.0. The molecule has 0 bridgehead atoms. The molecule has 1 N–H and O–H groups in total. The van der Waals surface area contributed by atoms with E-state index in [0.717, 1.165) is 38.7 Å². The summed E-state index contributed by atoms with van der Waals surface area (Å²) in [6.07, 6.45) is 9.33. The average molecular weight is 198 g/mol. The van der Waals surface area contributed by atoms with Gasteiger partial charge in [0.15, 0.2) is 0 Å². The fourth-order valence-electron chi connectivity index (χ4n) is 1.91. The van der Waals surface area contributed by atoms with Crippen LogP contribution in [-0.2, 0) is 4.74 Å². The number of rotatable bonds is 6. The smallest absolute Gasteiger partial charge is 0.0599 e. The Morgan fingerprint density at radius 2 is 2.36 bits per heavy atom. The molecular formula is C12H22O2. The van der Waals surface area contributed by atoms with E-state index in [1.54, 1.807) is 0 Å². The molecule has 2 unspecified atom stereocenters. The van der Waals surface area contributed by atoms with Gasteiger partial charge < -0.3 is 9.84 Å². The molecule has 1 aliphatic heterocycles. The number of ether oxygens (including phenoxy) is 1. The lowest BCUT2D eigenvalue weighted by Crippen LogP contribution is -2.24. The molecule has 0 amide bonds. The van der Waals surface area contributed by atoms with E-state index in [9.17, 15) is 5.11 Å². The van der Waals surface area contributed by atoms with Gasteiger partial charge in [0, 0.05) is 6.61 Å². The molecular weight excluding hydrogens is 176 g/mol. The maximum atomic E-state index is 9.71. The van der Waals surface area contributed by atoms with Gasteiger partial charge in [-0.1, -0.05) is 6.08 Å². The molecule has 1 saturated heterocycles. The quantitative estimate of drug-likeness (QED) is 0.525. The van der Waals surface area contributed by atoms with Crippen LogP contribution in [0.1, 0.15) is 44.9 Å². The second-order valence-electron chi connectivity index (χ2n) is 4.10.